The molecule has 2 aromatic heterocycles. The quantitative estimate of drug-likeness (QED) is 0.567. The Morgan fingerprint density at radius 3 is 2.67 bits per heavy atom. The molecule has 0 spiro atoms. The van der Waals surface area contributed by atoms with E-state index in [1.54, 1.807) is 0 Å². The Balaban J connectivity index is 3.08. The first-order valence-corrected chi connectivity index (χ1v) is 4.17. The Kier molecular flexibility index (Phi) is 1.59. The lowest BCUT2D eigenvalue weighted by atomic mass is 10.5. The summed E-state index contributed by atoms with van der Waals surface area (Å²) < 4.78 is 1.09. The molecule has 0 fully saturated rings. The van der Waals surface area contributed by atoms with Gasteiger partial charge in [-0.05, 0) is 19.1 Å². The van der Waals surface area contributed by atoms with Crippen molar-refractivity contribution in [2.24, 2.45) is 0 Å². The van der Waals surface area contributed by atoms with Crippen LogP contribution in [-0.2, 0) is 0 Å². The van der Waals surface area contributed by atoms with Crippen LogP contribution in [0.5, 0.6) is 0 Å². The minimum Gasteiger partial charge on any atom is -0.328 e. The first-order chi connectivity index (χ1) is 5.66. The van der Waals surface area contributed by atoms with Crippen LogP contribution in [0.25, 0.3) is 11.2 Å². The van der Waals surface area contributed by atoms with Gasteiger partial charge < -0.3 is 15.0 Å². The first kappa shape index (κ1) is 7.63. The fourth-order valence-corrected chi connectivity index (χ4v) is 1.55. The van der Waals surface area contributed by atoms with E-state index in [1.807, 2.05) is 6.92 Å². The zero-order chi connectivity index (χ0) is 8.72. The van der Waals surface area contributed by atoms with Crippen LogP contribution in [0.1, 0.15) is 5.82 Å². The van der Waals surface area contributed by atoms with Crippen LogP contribution < -0.4 is 0 Å². The molecule has 0 bridgehead atoms. The van der Waals surface area contributed by atoms with Gasteiger partial charge in [-0.3, -0.25) is 0 Å². The maximum Gasteiger partial charge on any atom is 0.176 e. The van der Waals surface area contributed by atoms with E-state index in [0.717, 1.165) is 17.0 Å². The number of hydrogen-bond acceptors (Lipinski definition) is 3. The van der Waals surface area contributed by atoms with Crippen LogP contribution in [0.15, 0.2) is 0 Å². The van der Waals surface area contributed by atoms with Gasteiger partial charge in [0.2, 0.25) is 0 Å². The van der Waals surface area contributed by atoms with Gasteiger partial charge in [0, 0.05) is 0 Å². The van der Waals surface area contributed by atoms with E-state index in [9.17, 15) is 0 Å². The van der Waals surface area contributed by atoms with Crippen molar-refractivity contribution in [3.63, 3.8) is 0 Å². The number of aromatic amines is 3. The summed E-state index contributed by atoms with van der Waals surface area (Å²) in [5, 5.41) is 0. The molecular weight excluding hydrogens is 192 g/mol. The van der Waals surface area contributed by atoms with Crippen molar-refractivity contribution in [2.75, 3.05) is 0 Å². The Hall–Kier alpha value is -1.01. The second-order valence-corrected chi connectivity index (χ2v) is 3.25. The fourth-order valence-electron chi connectivity index (χ4n) is 1.05. The van der Waals surface area contributed by atoms with Crippen molar-refractivity contribution in [2.45, 2.75) is 6.92 Å². The third-order valence-electron chi connectivity index (χ3n) is 1.52. The predicted octanol–water partition coefficient (Wildman–Crippen LogP) is 1.99. The Bertz CT molecular complexity index is 532. The topological polar surface area (TPSA) is 60.3 Å². The van der Waals surface area contributed by atoms with Gasteiger partial charge in [-0.2, -0.15) is 0 Å². The third-order valence-corrected chi connectivity index (χ3v) is 2.02. The van der Waals surface area contributed by atoms with Gasteiger partial charge in [-0.15, -0.1) is 0 Å². The van der Waals surface area contributed by atoms with E-state index < -0.39 is 0 Å². The molecule has 0 aliphatic rings. The number of aryl methyl sites for hydroxylation is 1. The molecule has 0 unspecified atom stereocenters. The van der Waals surface area contributed by atoms with E-state index in [4.69, 9.17) is 24.4 Å². The van der Waals surface area contributed by atoms with E-state index in [2.05, 4.69) is 19.9 Å². The van der Waals surface area contributed by atoms with Gasteiger partial charge in [0.1, 0.15) is 17.0 Å². The summed E-state index contributed by atoms with van der Waals surface area (Å²) >= 11 is 9.94. The van der Waals surface area contributed by atoms with Gasteiger partial charge in [-0.1, -0.05) is 12.2 Å². The molecule has 2 aromatic rings. The number of fused-ring (bicyclic) bond motifs is 1. The van der Waals surface area contributed by atoms with Crippen LogP contribution in [0, 0.1) is 16.3 Å². The summed E-state index contributed by atoms with van der Waals surface area (Å²) in [5.41, 5.74) is 1.57. The number of nitrogens with one attached hydrogen (secondary N) is 3. The second-order valence-electron chi connectivity index (χ2n) is 2.46. The number of imidazole rings is 1. The molecule has 0 saturated carbocycles. The molecule has 0 amide bonds. The molecule has 0 aromatic carbocycles. The van der Waals surface area contributed by atoms with E-state index >= 15 is 0 Å². The van der Waals surface area contributed by atoms with Gasteiger partial charge in [-0.25, -0.2) is 4.98 Å². The highest BCUT2D eigenvalue weighted by Crippen LogP contribution is 2.06. The Morgan fingerprint density at radius 2 is 1.92 bits per heavy atom. The highest BCUT2D eigenvalue weighted by Gasteiger charge is 1.99. The van der Waals surface area contributed by atoms with Gasteiger partial charge in [0.15, 0.2) is 9.41 Å². The highest BCUT2D eigenvalue weighted by molar-refractivity contribution is 7.71. The van der Waals surface area contributed by atoms with Crippen LogP contribution in [-0.4, -0.2) is 19.9 Å². The average Bonchev–Trinajstić information content (AvgIpc) is 2.29. The number of H-pyrrole nitrogens is 3. The standard InChI is InChI=1S/C6H6N4S2/c1-2-7-4-3(5(11)8-2)9-6(12)10-4/h1H3,(H3,7,8,9,10,11,12). The summed E-state index contributed by atoms with van der Waals surface area (Å²) in [6.45, 7) is 1.85. The average molecular weight is 198 g/mol. The number of hydrogen-bond donors (Lipinski definition) is 3. The molecule has 2 rings (SSSR count). The summed E-state index contributed by atoms with van der Waals surface area (Å²) in [4.78, 5) is 12.9. The summed E-state index contributed by atoms with van der Waals surface area (Å²) in [7, 11) is 0. The lowest BCUT2D eigenvalue weighted by Crippen LogP contribution is -1.88. The number of aromatic nitrogens is 4. The summed E-state index contributed by atoms with van der Waals surface area (Å²) in [5.74, 6) is 0.776. The summed E-state index contributed by atoms with van der Waals surface area (Å²) in [6, 6.07) is 0. The maximum absolute atomic E-state index is 5.03. The van der Waals surface area contributed by atoms with Crippen molar-refractivity contribution < 1.29 is 0 Å². The van der Waals surface area contributed by atoms with Crippen molar-refractivity contribution in [1.29, 1.82) is 0 Å². The molecule has 0 atom stereocenters. The van der Waals surface area contributed by atoms with E-state index in [1.165, 1.54) is 0 Å². The van der Waals surface area contributed by atoms with Crippen molar-refractivity contribution in [3.05, 3.63) is 15.2 Å². The molecule has 62 valence electrons. The number of rotatable bonds is 0. The summed E-state index contributed by atoms with van der Waals surface area (Å²) in [6.07, 6.45) is 0. The zero-order valence-electron chi connectivity index (χ0n) is 6.26. The minimum absolute atomic E-state index is 0.536. The van der Waals surface area contributed by atoms with E-state index in [0.29, 0.717) is 9.41 Å². The third kappa shape index (κ3) is 1.09. The fraction of sp³-hybridized carbons (Fsp3) is 0.167. The molecular formula is C6H6N4S2. The van der Waals surface area contributed by atoms with Gasteiger partial charge in [0.25, 0.3) is 0 Å². The van der Waals surface area contributed by atoms with Gasteiger partial charge in [0.05, 0.1) is 0 Å². The Labute approximate surface area is 78.1 Å². The van der Waals surface area contributed by atoms with Crippen molar-refractivity contribution in [1.82, 2.24) is 19.9 Å². The van der Waals surface area contributed by atoms with Gasteiger partial charge >= 0.3 is 0 Å². The normalized spacial score (nSPS) is 10.8. The van der Waals surface area contributed by atoms with Crippen LogP contribution in [0.3, 0.4) is 0 Å². The molecule has 3 N–H and O–H groups in total. The molecule has 2 heterocycles. The van der Waals surface area contributed by atoms with E-state index in [-0.39, 0.29) is 0 Å². The molecule has 0 aliphatic carbocycles. The zero-order valence-corrected chi connectivity index (χ0v) is 7.90. The molecule has 4 nitrogen and oxygen atoms in total. The van der Waals surface area contributed by atoms with Crippen LogP contribution in [0.4, 0.5) is 0 Å². The second kappa shape index (κ2) is 2.49. The molecule has 0 radical (unpaired) electrons. The smallest absolute Gasteiger partial charge is 0.176 e. The highest BCUT2D eigenvalue weighted by atomic mass is 32.1. The minimum atomic E-state index is 0.536. The Morgan fingerprint density at radius 1 is 1.17 bits per heavy atom. The SMILES string of the molecule is Cc1nc(=S)c2[nH]c(=S)[nH]c2[nH]1. The molecule has 6 heteroatoms. The van der Waals surface area contributed by atoms with Crippen LogP contribution in [0.2, 0.25) is 0 Å². The lowest BCUT2D eigenvalue weighted by Gasteiger charge is -1.92. The van der Waals surface area contributed by atoms with Crippen molar-refractivity contribution in [3.8, 4) is 0 Å². The lowest BCUT2D eigenvalue weighted by molar-refractivity contribution is 1.07. The largest absolute Gasteiger partial charge is 0.328 e. The molecule has 0 saturated heterocycles. The predicted molar refractivity (Wildman–Crippen MR) is 51.2 cm³/mol. The van der Waals surface area contributed by atoms with Crippen molar-refractivity contribution >= 4 is 35.6 Å². The molecule has 0 aliphatic heterocycles. The van der Waals surface area contributed by atoms with Crippen LogP contribution >= 0.6 is 24.4 Å². The maximum atomic E-state index is 5.03. The first-order valence-electron chi connectivity index (χ1n) is 3.36. The monoisotopic (exact) mass is 198 g/mol. The number of nitrogens with zero attached hydrogens (tertiary/aromatic N) is 1. The molecule has 12 heavy (non-hydrogen) atoms.